The van der Waals surface area contributed by atoms with Gasteiger partial charge in [-0.25, -0.2) is 4.39 Å². The zero-order valence-corrected chi connectivity index (χ0v) is 11.6. The van der Waals surface area contributed by atoms with E-state index in [2.05, 4.69) is 10.6 Å². The second-order valence-corrected chi connectivity index (χ2v) is 6.07. The van der Waals surface area contributed by atoms with E-state index in [4.69, 9.17) is 0 Å². The Hall–Kier alpha value is -1.94. The highest BCUT2D eigenvalue weighted by atomic mass is 19.1. The summed E-state index contributed by atoms with van der Waals surface area (Å²) in [7, 11) is 0. The SMILES string of the molecule is O=C(NC1CC2CCC1N2)c1ccc2ccc(F)cc2c1. The summed E-state index contributed by atoms with van der Waals surface area (Å²) in [5.74, 6) is -0.349. The van der Waals surface area contributed by atoms with E-state index in [0.29, 0.717) is 17.6 Å². The molecule has 4 heteroatoms. The minimum atomic E-state index is -0.280. The van der Waals surface area contributed by atoms with Gasteiger partial charge in [0.05, 0.1) is 0 Å². The van der Waals surface area contributed by atoms with Crippen LogP contribution in [-0.4, -0.2) is 24.0 Å². The fourth-order valence-electron chi connectivity index (χ4n) is 3.59. The lowest BCUT2D eigenvalue weighted by Crippen LogP contribution is -2.42. The number of carbonyl (C=O) groups is 1. The second-order valence-electron chi connectivity index (χ2n) is 6.07. The maximum atomic E-state index is 13.3. The molecule has 3 atom stereocenters. The molecule has 1 amide bonds. The molecule has 2 N–H and O–H groups in total. The zero-order valence-electron chi connectivity index (χ0n) is 11.6. The number of nitrogens with one attached hydrogen (secondary N) is 2. The van der Waals surface area contributed by atoms with E-state index in [9.17, 15) is 9.18 Å². The van der Waals surface area contributed by atoms with Crippen LogP contribution in [0.25, 0.3) is 10.8 Å². The number of halogens is 1. The molecule has 0 radical (unpaired) electrons. The third-order valence-corrected chi connectivity index (χ3v) is 4.68. The molecular weight excluding hydrogens is 267 g/mol. The van der Waals surface area contributed by atoms with Gasteiger partial charge in [0, 0.05) is 23.7 Å². The molecule has 2 aliphatic rings. The van der Waals surface area contributed by atoms with Gasteiger partial charge in [-0.1, -0.05) is 12.1 Å². The third kappa shape index (κ3) is 2.29. The summed E-state index contributed by atoms with van der Waals surface area (Å²) in [5, 5.41) is 8.32. The Morgan fingerprint density at radius 1 is 1.14 bits per heavy atom. The summed E-state index contributed by atoms with van der Waals surface area (Å²) in [4.78, 5) is 12.4. The van der Waals surface area contributed by atoms with Gasteiger partial charge in [0.2, 0.25) is 0 Å². The molecule has 21 heavy (non-hydrogen) atoms. The first-order valence-corrected chi connectivity index (χ1v) is 7.45. The molecular formula is C17H17FN2O. The normalized spacial score (nSPS) is 27.2. The fraction of sp³-hybridized carbons (Fsp3) is 0.353. The highest BCUT2D eigenvalue weighted by Gasteiger charge is 2.39. The van der Waals surface area contributed by atoms with Crippen LogP contribution in [0.5, 0.6) is 0 Å². The van der Waals surface area contributed by atoms with Crippen molar-refractivity contribution in [2.45, 2.75) is 37.4 Å². The molecule has 108 valence electrons. The molecule has 0 aliphatic carbocycles. The molecule has 3 unspecified atom stereocenters. The zero-order chi connectivity index (χ0) is 14.4. The molecule has 2 bridgehead atoms. The van der Waals surface area contributed by atoms with Crippen molar-refractivity contribution in [3.8, 4) is 0 Å². The number of benzene rings is 2. The Balaban J connectivity index is 1.56. The number of hydrogen-bond donors (Lipinski definition) is 2. The summed E-state index contributed by atoms with van der Waals surface area (Å²) in [6, 6.07) is 11.2. The lowest BCUT2D eigenvalue weighted by Gasteiger charge is -2.21. The van der Waals surface area contributed by atoms with E-state index in [1.165, 1.54) is 18.6 Å². The lowest BCUT2D eigenvalue weighted by atomic mass is 9.95. The quantitative estimate of drug-likeness (QED) is 0.890. The molecule has 2 aliphatic heterocycles. The summed E-state index contributed by atoms with van der Waals surface area (Å²) < 4.78 is 13.3. The minimum absolute atomic E-state index is 0.0690. The Bertz CT molecular complexity index is 715. The number of rotatable bonds is 2. The van der Waals surface area contributed by atoms with Crippen molar-refractivity contribution in [2.75, 3.05) is 0 Å². The molecule has 0 spiro atoms. The number of carbonyl (C=O) groups excluding carboxylic acids is 1. The molecule has 2 aromatic rings. The first kappa shape index (κ1) is 12.8. The van der Waals surface area contributed by atoms with E-state index in [1.807, 2.05) is 6.07 Å². The van der Waals surface area contributed by atoms with Gasteiger partial charge in [-0.05, 0) is 54.3 Å². The summed E-state index contributed by atoms with van der Waals surface area (Å²) >= 11 is 0. The van der Waals surface area contributed by atoms with Gasteiger partial charge < -0.3 is 10.6 Å². The average Bonchev–Trinajstić information content (AvgIpc) is 3.09. The Morgan fingerprint density at radius 2 is 2.00 bits per heavy atom. The summed E-state index contributed by atoms with van der Waals surface area (Å²) in [5.41, 5.74) is 0.593. The van der Waals surface area contributed by atoms with Crippen LogP contribution in [0.3, 0.4) is 0 Å². The van der Waals surface area contributed by atoms with Crippen molar-refractivity contribution in [1.82, 2.24) is 10.6 Å². The van der Waals surface area contributed by atoms with Crippen molar-refractivity contribution in [3.05, 3.63) is 47.8 Å². The second kappa shape index (κ2) is 4.81. The van der Waals surface area contributed by atoms with Gasteiger partial charge in [-0.3, -0.25) is 4.79 Å². The molecule has 2 heterocycles. The van der Waals surface area contributed by atoms with Crippen LogP contribution in [0.1, 0.15) is 29.6 Å². The minimum Gasteiger partial charge on any atom is -0.348 e. The predicted octanol–water partition coefficient (Wildman–Crippen LogP) is 2.60. The van der Waals surface area contributed by atoms with Crippen molar-refractivity contribution >= 4 is 16.7 Å². The first-order valence-electron chi connectivity index (χ1n) is 7.45. The molecule has 4 rings (SSSR count). The fourth-order valence-corrected chi connectivity index (χ4v) is 3.59. The summed E-state index contributed by atoms with van der Waals surface area (Å²) in [6.45, 7) is 0. The highest BCUT2D eigenvalue weighted by Crippen LogP contribution is 2.28. The Morgan fingerprint density at radius 3 is 2.76 bits per heavy atom. The maximum absolute atomic E-state index is 13.3. The third-order valence-electron chi connectivity index (χ3n) is 4.68. The number of fused-ring (bicyclic) bond motifs is 3. The van der Waals surface area contributed by atoms with Gasteiger partial charge in [0.25, 0.3) is 5.91 Å². The van der Waals surface area contributed by atoms with Crippen LogP contribution in [0.4, 0.5) is 4.39 Å². The average molecular weight is 284 g/mol. The van der Waals surface area contributed by atoms with Crippen molar-refractivity contribution in [3.63, 3.8) is 0 Å². The van der Waals surface area contributed by atoms with Crippen LogP contribution in [-0.2, 0) is 0 Å². The lowest BCUT2D eigenvalue weighted by molar-refractivity contribution is 0.0931. The Labute approximate surface area is 122 Å². The predicted molar refractivity (Wildman–Crippen MR) is 79.7 cm³/mol. The van der Waals surface area contributed by atoms with Crippen LogP contribution in [0, 0.1) is 5.82 Å². The first-order chi connectivity index (χ1) is 10.2. The van der Waals surface area contributed by atoms with E-state index in [0.717, 1.165) is 23.6 Å². The smallest absolute Gasteiger partial charge is 0.251 e. The van der Waals surface area contributed by atoms with E-state index in [1.54, 1.807) is 18.2 Å². The molecule has 0 saturated carbocycles. The van der Waals surface area contributed by atoms with E-state index in [-0.39, 0.29) is 17.8 Å². The van der Waals surface area contributed by atoms with Crippen LogP contribution in [0.2, 0.25) is 0 Å². The van der Waals surface area contributed by atoms with Crippen LogP contribution >= 0.6 is 0 Å². The molecule has 2 aromatic carbocycles. The van der Waals surface area contributed by atoms with Gasteiger partial charge in [0.1, 0.15) is 5.82 Å². The van der Waals surface area contributed by atoms with Crippen LogP contribution < -0.4 is 10.6 Å². The molecule has 2 fully saturated rings. The van der Waals surface area contributed by atoms with Gasteiger partial charge in [0.15, 0.2) is 0 Å². The molecule has 0 aromatic heterocycles. The number of hydrogen-bond acceptors (Lipinski definition) is 2. The Kier molecular flexibility index (Phi) is 2.93. The van der Waals surface area contributed by atoms with Gasteiger partial charge in [-0.15, -0.1) is 0 Å². The molecule has 2 saturated heterocycles. The van der Waals surface area contributed by atoms with Crippen molar-refractivity contribution in [2.24, 2.45) is 0 Å². The highest BCUT2D eigenvalue weighted by molar-refractivity contribution is 5.98. The maximum Gasteiger partial charge on any atom is 0.251 e. The monoisotopic (exact) mass is 284 g/mol. The van der Waals surface area contributed by atoms with Crippen LogP contribution in [0.15, 0.2) is 36.4 Å². The van der Waals surface area contributed by atoms with Crippen molar-refractivity contribution in [1.29, 1.82) is 0 Å². The van der Waals surface area contributed by atoms with Gasteiger partial charge in [-0.2, -0.15) is 0 Å². The van der Waals surface area contributed by atoms with Crippen molar-refractivity contribution < 1.29 is 9.18 Å². The standard InChI is InChI=1S/C17H17FN2O/c18-13-4-3-10-1-2-11(7-12(10)8-13)17(21)20-16-9-14-5-6-15(16)19-14/h1-4,7-8,14-16,19H,5-6,9H2,(H,20,21). The van der Waals surface area contributed by atoms with E-state index < -0.39 is 0 Å². The van der Waals surface area contributed by atoms with E-state index >= 15 is 0 Å². The molecule has 3 nitrogen and oxygen atoms in total. The summed E-state index contributed by atoms with van der Waals surface area (Å²) in [6.07, 6.45) is 3.36. The topological polar surface area (TPSA) is 41.1 Å². The largest absolute Gasteiger partial charge is 0.348 e. The number of amides is 1. The van der Waals surface area contributed by atoms with Gasteiger partial charge >= 0.3 is 0 Å².